The van der Waals surface area contributed by atoms with Gasteiger partial charge in [0.25, 0.3) is 5.91 Å². The quantitative estimate of drug-likeness (QED) is 0.682. The van der Waals surface area contributed by atoms with E-state index < -0.39 is 0 Å². The zero-order valence-corrected chi connectivity index (χ0v) is 10.8. The fourth-order valence-electron chi connectivity index (χ4n) is 1.63. The van der Waals surface area contributed by atoms with Crippen LogP contribution in [0.1, 0.15) is 61.9 Å². The predicted molar refractivity (Wildman–Crippen MR) is 66.8 cm³/mol. The highest BCUT2D eigenvalue weighted by molar-refractivity contribution is 5.90. The molecule has 5 nitrogen and oxygen atoms in total. The van der Waals surface area contributed by atoms with Gasteiger partial charge in [-0.2, -0.15) is 0 Å². The van der Waals surface area contributed by atoms with E-state index in [4.69, 9.17) is 0 Å². The number of aromatic nitrogens is 3. The lowest BCUT2D eigenvalue weighted by Gasteiger charge is -2.02. The summed E-state index contributed by atoms with van der Waals surface area (Å²) in [6, 6.07) is 0. The van der Waals surface area contributed by atoms with Gasteiger partial charge in [-0.1, -0.05) is 39.0 Å². The van der Waals surface area contributed by atoms with E-state index in [0.29, 0.717) is 12.4 Å². The fraction of sp³-hybridized carbons (Fsp3) is 0.750. The Morgan fingerprint density at radius 1 is 1.24 bits per heavy atom. The Morgan fingerprint density at radius 2 is 1.94 bits per heavy atom. The summed E-state index contributed by atoms with van der Waals surface area (Å²) < 4.78 is 0. The second-order valence-electron chi connectivity index (χ2n) is 4.27. The summed E-state index contributed by atoms with van der Waals surface area (Å²) in [5.41, 5.74) is 0. The minimum atomic E-state index is -0.192. The molecule has 0 radical (unpaired) electrons. The molecule has 96 valence electrons. The zero-order chi connectivity index (χ0) is 12.5. The van der Waals surface area contributed by atoms with Gasteiger partial charge in [-0.15, -0.1) is 5.10 Å². The van der Waals surface area contributed by atoms with Gasteiger partial charge in [0.15, 0.2) is 0 Å². The van der Waals surface area contributed by atoms with Crippen molar-refractivity contribution in [1.82, 2.24) is 20.5 Å². The van der Waals surface area contributed by atoms with Crippen LogP contribution in [0.4, 0.5) is 0 Å². The molecule has 1 aromatic heterocycles. The maximum atomic E-state index is 11.5. The maximum Gasteiger partial charge on any atom is 0.290 e. The van der Waals surface area contributed by atoms with E-state index in [0.717, 1.165) is 6.42 Å². The molecule has 17 heavy (non-hydrogen) atoms. The Hall–Kier alpha value is -1.39. The standard InChI is InChI=1S/C12H22N4O/c1-3-4-5-6-7-8-9-13-12(17)11-14-10(2)15-16-11/h3-9H2,1-2H3,(H,13,17)(H,14,15,16). The number of amides is 1. The van der Waals surface area contributed by atoms with E-state index in [9.17, 15) is 4.79 Å². The molecule has 0 aliphatic rings. The van der Waals surface area contributed by atoms with Gasteiger partial charge >= 0.3 is 0 Å². The molecule has 0 saturated heterocycles. The predicted octanol–water partition coefficient (Wildman–Crippen LogP) is 2.20. The van der Waals surface area contributed by atoms with Crippen LogP contribution in [0, 0.1) is 6.92 Å². The molecule has 0 saturated carbocycles. The molecule has 0 atom stereocenters. The molecule has 1 heterocycles. The molecular weight excluding hydrogens is 216 g/mol. The largest absolute Gasteiger partial charge is 0.349 e. The molecule has 0 fully saturated rings. The Labute approximate surface area is 102 Å². The first-order valence-corrected chi connectivity index (χ1v) is 6.41. The van der Waals surface area contributed by atoms with E-state index in [1.54, 1.807) is 6.92 Å². The van der Waals surface area contributed by atoms with Crippen molar-refractivity contribution in [3.63, 3.8) is 0 Å². The van der Waals surface area contributed by atoms with Crippen molar-refractivity contribution in [3.8, 4) is 0 Å². The lowest BCUT2D eigenvalue weighted by Crippen LogP contribution is -2.25. The first-order valence-electron chi connectivity index (χ1n) is 6.41. The molecule has 0 aliphatic heterocycles. The van der Waals surface area contributed by atoms with Crippen LogP contribution in [-0.4, -0.2) is 27.6 Å². The zero-order valence-electron chi connectivity index (χ0n) is 10.8. The van der Waals surface area contributed by atoms with E-state index >= 15 is 0 Å². The smallest absolute Gasteiger partial charge is 0.290 e. The Kier molecular flexibility index (Phi) is 6.29. The lowest BCUT2D eigenvalue weighted by atomic mass is 10.1. The maximum absolute atomic E-state index is 11.5. The van der Waals surface area contributed by atoms with E-state index in [1.165, 1.54) is 32.1 Å². The normalized spacial score (nSPS) is 10.5. The van der Waals surface area contributed by atoms with Gasteiger partial charge < -0.3 is 5.32 Å². The highest BCUT2D eigenvalue weighted by atomic mass is 16.2. The van der Waals surface area contributed by atoms with Crippen LogP contribution in [-0.2, 0) is 0 Å². The molecule has 5 heteroatoms. The molecule has 1 aromatic rings. The van der Waals surface area contributed by atoms with Gasteiger partial charge in [0.1, 0.15) is 5.82 Å². The van der Waals surface area contributed by atoms with Crippen molar-refractivity contribution in [3.05, 3.63) is 11.6 Å². The summed E-state index contributed by atoms with van der Waals surface area (Å²) in [6.07, 6.45) is 7.32. The van der Waals surface area contributed by atoms with Crippen LogP contribution in [0.3, 0.4) is 0 Å². The van der Waals surface area contributed by atoms with Gasteiger partial charge in [-0.3, -0.25) is 9.89 Å². The molecule has 0 unspecified atom stereocenters. The summed E-state index contributed by atoms with van der Waals surface area (Å²) in [4.78, 5) is 15.5. The first kappa shape index (κ1) is 13.7. The van der Waals surface area contributed by atoms with Gasteiger partial charge in [-0.05, 0) is 13.3 Å². The first-order chi connectivity index (χ1) is 8.24. The molecular formula is C12H22N4O. The monoisotopic (exact) mass is 238 g/mol. The van der Waals surface area contributed by atoms with Crippen molar-refractivity contribution < 1.29 is 4.79 Å². The number of nitrogens with one attached hydrogen (secondary N) is 2. The van der Waals surface area contributed by atoms with Crippen molar-refractivity contribution >= 4 is 5.91 Å². The van der Waals surface area contributed by atoms with Crippen molar-refractivity contribution in [2.45, 2.75) is 52.4 Å². The number of unbranched alkanes of at least 4 members (excludes halogenated alkanes) is 5. The molecule has 0 bridgehead atoms. The third-order valence-electron chi connectivity index (χ3n) is 2.62. The number of nitrogens with zero attached hydrogens (tertiary/aromatic N) is 2. The summed E-state index contributed by atoms with van der Waals surface area (Å²) in [6.45, 7) is 4.69. The van der Waals surface area contributed by atoms with Crippen molar-refractivity contribution in [1.29, 1.82) is 0 Å². The number of aromatic amines is 1. The second kappa shape index (κ2) is 7.81. The van der Waals surface area contributed by atoms with Crippen molar-refractivity contribution in [2.24, 2.45) is 0 Å². The molecule has 1 rings (SSSR count). The van der Waals surface area contributed by atoms with Crippen LogP contribution in [0.2, 0.25) is 0 Å². The number of rotatable bonds is 8. The fourth-order valence-corrected chi connectivity index (χ4v) is 1.63. The average Bonchev–Trinajstić information content (AvgIpc) is 2.74. The molecule has 0 aromatic carbocycles. The van der Waals surface area contributed by atoms with Gasteiger partial charge in [0.2, 0.25) is 5.82 Å². The highest BCUT2D eigenvalue weighted by Crippen LogP contribution is 2.04. The molecule has 1 amide bonds. The van der Waals surface area contributed by atoms with Crippen LogP contribution in [0.25, 0.3) is 0 Å². The van der Waals surface area contributed by atoms with E-state index in [2.05, 4.69) is 27.4 Å². The number of H-pyrrole nitrogens is 1. The Bertz CT molecular complexity index is 335. The number of hydrogen-bond donors (Lipinski definition) is 2. The van der Waals surface area contributed by atoms with Gasteiger partial charge in [-0.25, -0.2) is 4.98 Å². The SMILES string of the molecule is CCCCCCCCNC(=O)c1n[nH]c(C)n1. The summed E-state index contributed by atoms with van der Waals surface area (Å²) in [5.74, 6) is 0.700. The topological polar surface area (TPSA) is 70.7 Å². The third-order valence-corrected chi connectivity index (χ3v) is 2.62. The summed E-state index contributed by atoms with van der Waals surface area (Å²) in [7, 11) is 0. The average molecular weight is 238 g/mol. The van der Waals surface area contributed by atoms with Gasteiger partial charge in [0.05, 0.1) is 0 Å². The molecule has 2 N–H and O–H groups in total. The summed E-state index contributed by atoms with van der Waals surface area (Å²) >= 11 is 0. The van der Waals surface area contributed by atoms with Gasteiger partial charge in [0, 0.05) is 6.54 Å². The van der Waals surface area contributed by atoms with Crippen LogP contribution in [0.5, 0.6) is 0 Å². The lowest BCUT2D eigenvalue weighted by molar-refractivity contribution is 0.0943. The van der Waals surface area contributed by atoms with Crippen LogP contribution >= 0.6 is 0 Å². The minimum Gasteiger partial charge on any atom is -0.349 e. The number of aryl methyl sites for hydroxylation is 1. The number of carbonyl (C=O) groups is 1. The van der Waals surface area contributed by atoms with Crippen molar-refractivity contribution in [2.75, 3.05) is 6.54 Å². The van der Waals surface area contributed by atoms with Crippen LogP contribution in [0.15, 0.2) is 0 Å². The summed E-state index contributed by atoms with van der Waals surface area (Å²) in [5, 5.41) is 9.28. The van der Waals surface area contributed by atoms with Crippen LogP contribution < -0.4 is 5.32 Å². The molecule has 0 spiro atoms. The number of hydrogen-bond acceptors (Lipinski definition) is 3. The Morgan fingerprint density at radius 3 is 2.59 bits per heavy atom. The Balaban J connectivity index is 2.05. The van der Waals surface area contributed by atoms with E-state index in [1.807, 2.05) is 0 Å². The molecule has 0 aliphatic carbocycles. The highest BCUT2D eigenvalue weighted by Gasteiger charge is 2.09. The number of carbonyl (C=O) groups excluding carboxylic acids is 1. The van der Waals surface area contributed by atoms with E-state index in [-0.39, 0.29) is 11.7 Å². The minimum absolute atomic E-state index is 0.192. The third kappa shape index (κ3) is 5.47. The second-order valence-corrected chi connectivity index (χ2v) is 4.27.